The molecule has 4 nitrogen and oxygen atoms in total. The molecule has 112 valence electrons. The number of carboxylic acid groups (broad SMARTS) is 1. The highest BCUT2D eigenvalue weighted by molar-refractivity contribution is 7.10. The minimum Gasteiger partial charge on any atom is -0.481 e. The topological polar surface area (TPSA) is 60.8 Å². The van der Waals surface area contributed by atoms with Crippen LogP contribution >= 0.6 is 11.3 Å². The van der Waals surface area contributed by atoms with Crippen molar-refractivity contribution in [3.63, 3.8) is 0 Å². The van der Waals surface area contributed by atoms with Gasteiger partial charge in [0.15, 0.2) is 0 Å². The van der Waals surface area contributed by atoms with E-state index in [4.69, 9.17) is 5.11 Å². The number of carbonyl (C=O) groups is 1. The first-order chi connectivity index (χ1) is 9.66. The van der Waals surface area contributed by atoms with Gasteiger partial charge in [0, 0.05) is 17.3 Å². The van der Waals surface area contributed by atoms with Crippen molar-refractivity contribution < 1.29 is 15.0 Å². The van der Waals surface area contributed by atoms with E-state index in [1.807, 2.05) is 17.5 Å². The van der Waals surface area contributed by atoms with Gasteiger partial charge in [-0.2, -0.15) is 0 Å². The monoisotopic (exact) mass is 297 g/mol. The van der Waals surface area contributed by atoms with Crippen LogP contribution in [0.25, 0.3) is 0 Å². The summed E-state index contributed by atoms with van der Waals surface area (Å²) in [5.74, 6) is -0.712. The smallest absolute Gasteiger partial charge is 0.303 e. The summed E-state index contributed by atoms with van der Waals surface area (Å²) in [5.41, 5.74) is 0. The molecule has 0 amide bonds. The summed E-state index contributed by atoms with van der Waals surface area (Å²) in [5, 5.41) is 20.9. The van der Waals surface area contributed by atoms with Crippen molar-refractivity contribution in [2.45, 2.75) is 50.7 Å². The van der Waals surface area contributed by atoms with Crippen LogP contribution in [0.3, 0.4) is 0 Å². The SMILES string of the molecule is O=C(O)CCCCN1CCCC1CC(O)c1cccs1. The fourth-order valence-electron chi connectivity index (χ4n) is 2.90. The zero-order valence-corrected chi connectivity index (χ0v) is 12.5. The lowest BCUT2D eigenvalue weighted by molar-refractivity contribution is -0.137. The van der Waals surface area contributed by atoms with E-state index in [1.165, 1.54) is 6.42 Å². The van der Waals surface area contributed by atoms with Gasteiger partial charge in [0.25, 0.3) is 0 Å². The molecule has 2 heterocycles. The van der Waals surface area contributed by atoms with Gasteiger partial charge in [-0.3, -0.25) is 4.79 Å². The van der Waals surface area contributed by atoms with Crippen molar-refractivity contribution in [1.29, 1.82) is 0 Å². The van der Waals surface area contributed by atoms with E-state index in [0.717, 1.165) is 43.6 Å². The summed E-state index contributed by atoms with van der Waals surface area (Å²) in [6.45, 7) is 2.03. The van der Waals surface area contributed by atoms with E-state index >= 15 is 0 Å². The number of unbranched alkanes of at least 4 members (excludes halogenated alkanes) is 1. The first-order valence-corrected chi connectivity index (χ1v) is 8.22. The summed E-state index contributed by atoms with van der Waals surface area (Å²) in [6.07, 6.45) is 4.68. The predicted molar refractivity (Wildman–Crippen MR) is 80.0 cm³/mol. The zero-order valence-electron chi connectivity index (χ0n) is 11.7. The molecule has 0 bridgehead atoms. The first-order valence-electron chi connectivity index (χ1n) is 7.34. The van der Waals surface area contributed by atoms with Gasteiger partial charge in [-0.15, -0.1) is 11.3 Å². The van der Waals surface area contributed by atoms with E-state index in [2.05, 4.69) is 4.90 Å². The van der Waals surface area contributed by atoms with E-state index < -0.39 is 5.97 Å². The Balaban J connectivity index is 1.74. The van der Waals surface area contributed by atoms with E-state index in [9.17, 15) is 9.90 Å². The highest BCUT2D eigenvalue weighted by Gasteiger charge is 2.26. The quantitative estimate of drug-likeness (QED) is 0.724. The molecule has 1 aromatic heterocycles. The minimum atomic E-state index is -0.712. The van der Waals surface area contributed by atoms with Gasteiger partial charge in [0.2, 0.25) is 0 Å². The van der Waals surface area contributed by atoms with Gasteiger partial charge in [0.05, 0.1) is 6.10 Å². The molecule has 2 atom stereocenters. The van der Waals surface area contributed by atoms with Gasteiger partial charge in [-0.05, 0) is 56.6 Å². The molecule has 0 aliphatic carbocycles. The third-order valence-electron chi connectivity index (χ3n) is 3.95. The molecule has 0 aromatic carbocycles. The molecule has 1 aromatic rings. The fourth-order valence-corrected chi connectivity index (χ4v) is 3.63. The van der Waals surface area contributed by atoms with Crippen LogP contribution in [0.4, 0.5) is 0 Å². The number of thiophene rings is 1. The van der Waals surface area contributed by atoms with Gasteiger partial charge < -0.3 is 15.1 Å². The second-order valence-corrected chi connectivity index (χ2v) is 6.43. The van der Waals surface area contributed by atoms with Crippen LogP contribution in [0.15, 0.2) is 17.5 Å². The van der Waals surface area contributed by atoms with Crippen LogP contribution in [0.1, 0.15) is 49.5 Å². The summed E-state index contributed by atoms with van der Waals surface area (Å²) in [7, 11) is 0. The van der Waals surface area contributed by atoms with Crippen molar-refractivity contribution in [3.05, 3.63) is 22.4 Å². The standard InChI is InChI=1S/C15H23NO3S/c17-13(14-6-4-10-20-14)11-12-5-3-9-16(12)8-2-1-7-15(18)19/h4,6,10,12-13,17H,1-3,5,7-9,11H2,(H,18,19). The Bertz CT molecular complexity index is 407. The van der Waals surface area contributed by atoms with Gasteiger partial charge in [-0.25, -0.2) is 0 Å². The number of aliphatic carboxylic acids is 1. The second-order valence-electron chi connectivity index (χ2n) is 5.45. The lowest BCUT2D eigenvalue weighted by Crippen LogP contribution is -2.31. The Hall–Kier alpha value is -0.910. The average Bonchev–Trinajstić information content (AvgIpc) is 3.06. The number of likely N-dealkylation sites (tertiary alicyclic amines) is 1. The molecule has 5 heteroatoms. The molecular weight excluding hydrogens is 274 g/mol. The molecule has 2 rings (SSSR count). The Labute approximate surface area is 124 Å². The van der Waals surface area contributed by atoms with Crippen molar-refractivity contribution in [3.8, 4) is 0 Å². The number of aliphatic hydroxyl groups is 1. The molecular formula is C15H23NO3S. The zero-order chi connectivity index (χ0) is 14.4. The lowest BCUT2D eigenvalue weighted by Gasteiger charge is -2.26. The second kappa shape index (κ2) is 7.76. The van der Waals surface area contributed by atoms with E-state index in [0.29, 0.717) is 6.04 Å². The van der Waals surface area contributed by atoms with Crippen molar-refractivity contribution in [2.75, 3.05) is 13.1 Å². The Morgan fingerprint density at radius 1 is 1.50 bits per heavy atom. The first kappa shape index (κ1) is 15.5. The van der Waals surface area contributed by atoms with Crippen LogP contribution in [-0.2, 0) is 4.79 Å². The number of aliphatic hydroxyl groups excluding tert-OH is 1. The number of hydrogen-bond acceptors (Lipinski definition) is 4. The van der Waals surface area contributed by atoms with Crippen molar-refractivity contribution in [1.82, 2.24) is 4.90 Å². The van der Waals surface area contributed by atoms with Crippen LogP contribution in [-0.4, -0.2) is 40.2 Å². The summed E-state index contributed by atoms with van der Waals surface area (Å²) < 4.78 is 0. The molecule has 0 radical (unpaired) electrons. The Kier molecular flexibility index (Phi) is 6.01. The molecule has 1 saturated heterocycles. The fraction of sp³-hybridized carbons (Fsp3) is 0.667. The van der Waals surface area contributed by atoms with Crippen molar-refractivity contribution >= 4 is 17.3 Å². The molecule has 20 heavy (non-hydrogen) atoms. The summed E-state index contributed by atoms with van der Waals surface area (Å²) in [6, 6.07) is 4.40. The maximum Gasteiger partial charge on any atom is 0.303 e. The highest BCUT2D eigenvalue weighted by atomic mass is 32.1. The largest absolute Gasteiger partial charge is 0.481 e. The van der Waals surface area contributed by atoms with E-state index in [-0.39, 0.29) is 12.5 Å². The average molecular weight is 297 g/mol. The van der Waals surface area contributed by atoms with Crippen LogP contribution in [0.2, 0.25) is 0 Å². The van der Waals surface area contributed by atoms with Crippen LogP contribution in [0.5, 0.6) is 0 Å². The van der Waals surface area contributed by atoms with Gasteiger partial charge in [0.1, 0.15) is 0 Å². The molecule has 2 unspecified atom stereocenters. The normalized spacial score (nSPS) is 21.1. The third kappa shape index (κ3) is 4.58. The highest BCUT2D eigenvalue weighted by Crippen LogP contribution is 2.29. The van der Waals surface area contributed by atoms with Crippen LogP contribution < -0.4 is 0 Å². The van der Waals surface area contributed by atoms with Crippen LogP contribution in [0, 0.1) is 0 Å². The lowest BCUT2D eigenvalue weighted by atomic mass is 10.1. The maximum atomic E-state index is 10.5. The third-order valence-corrected chi connectivity index (χ3v) is 4.93. The van der Waals surface area contributed by atoms with E-state index in [1.54, 1.807) is 11.3 Å². The van der Waals surface area contributed by atoms with Gasteiger partial charge in [-0.1, -0.05) is 6.07 Å². The summed E-state index contributed by atoms with van der Waals surface area (Å²) in [4.78, 5) is 14.0. The Morgan fingerprint density at radius 3 is 3.05 bits per heavy atom. The minimum absolute atomic E-state index is 0.260. The molecule has 1 aliphatic rings. The van der Waals surface area contributed by atoms with Crippen molar-refractivity contribution in [2.24, 2.45) is 0 Å². The van der Waals surface area contributed by atoms with Gasteiger partial charge >= 0.3 is 5.97 Å². The number of carboxylic acids is 1. The number of nitrogens with zero attached hydrogens (tertiary/aromatic N) is 1. The Morgan fingerprint density at radius 2 is 2.35 bits per heavy atom. The molecule has 1 aliphatic heterocycles. The molecule has 0 saturated carbocycles. The predicted octanol–water partition coefficient (Wildman–Crippen LogP) is 2.89. The number of rotatable bonds is 8. The molecule has 0 spiro atoms. The maximum absolute atomic E-state index is 10.5. The molecule has 1 fully saturated rings. The molecule has 2 N–H and O–H groups in total. The summed E-state index contributed by atoms with van der Waals surface area (Å²) >= 11 is 1.61. The number of hydrogen-bond donors (Lipinski definition) is 2.